The third kappa shape index (κ3) is 4.66. The monoisotopic (exact) mass is 327 g/mol. The second-order valence-electron chi connectivity index (χ2n) is 3.76. The zero-order valence-electron chi connectivity index (χ0n) is 10.5. The molecule has 0 unspecified atom stereocenters. The summed E-state index contributed by atoms with van der Waals surface area (Å²) in [6, 6.07) is 0. The third-order valence-corrected chi connectivity index (χ3v) is 5.25. The molecule has 0 fully saturated rings. The number of nitrogens with zero attached hydrogens (tertiary/aromatic N) is 3. The van der Waals surface area contributed by atoms with E-state index in [1.165, 1.54) is 0 Å². The molecule has 19 heavy (non-hydrogen) atoms. The van der Waals surface area contributed by atoms with Gasteiger partial charge in [0, 0.05) is 10.7 Å². The van der Waals surface area contributed by atoms with Crippen molar-refractivity contribution in [3.05, 3.63) is 11.4 Å². The SMILES string of the molecule is CCc1nnc(S(=O)(=O)CCS(=O)(=O)Cl)nc1CC. The lowest BCUT2D eigenvalue weighted by atomic mass is 10.2. The van der Waals surface area contributed by atoms with E-state index >= 15 is 0 Å². The second-order valence-corrected chi connectivity index (χ2v) is 8.66. The Bertz CT molecular complexity index is 658. The Morgan fingerprint density at radius 2 is 1.53 bits per heavy atom. The van der Waals surface area contributed by atoms with E-state index < -0.39 is 35.6 Å². The molecule has 7 nitrogen and oxygen atoms in total. The van der Waals surface area contributed by atoms with Gasteiger partial charge in [0.05, 0.1) is 22.9 Å². The van der Waals surface area contributed by atoms with Gasteiger partial charge in [-0.05, 0) is 12.8 Å². The lowest BCUT2D eigenvalue weighted by Crippen LogP contribution is -2.19. The molecular formula is C9H14ClN3O4S2. The molecule has 0 aliphatic carbocycles. The average Bonchev–Trinajstić information content (AvgIpc) is 2.35. The molecule has 0 N–H and O–H groups in total. The van der Waals surface area contributed by atoms with Gasteiger partial charge >= 0.3 is 0 Å². The molecule has 0 spiro atoms. The highest BCUT2D eigenvalue weighted by atomic mass is 35.7. The van der Waals surface area contributed by atoms with Crippen LogP contribution in [0.1, 0.15) is 25.2 Å². The van der Waals surface area contributed by atoms with Crippen LogP contribution in [0, 0.1) is 0 Å². The largest absolute Gasteiger partial charge is 0.267 e. The molecule has 0 saturated carbocycles. The van der Waals surface area contributed by atoms with Gasteiger partial charge in [-0.2, -0.15) is 5.10 Å². The van der Waals surface area contributed by atoms with Crippen molar-refractivity contribution in [2.24, 2.45) is 0 Å². The van der Waals surface area contributed by atoms with Gasteiger partial charge in [0.2, 0.25) is 18.9 Å². The Morgan fingerprint density at radius 1 is 0.947 bits per heavy atom. The molecule has 108 valence electrons. The van der Waals surface area contributed by atoms with Gasteiger partial charge in [-0.15, -0.1) is 5.10 Å². The summed E-state index contributed by atoms with van der Waals surface area (Å²) in [5.41, 5.74) is 1.18. The first kappa shape index (κ1) is 16.3. The predicted molar refractivity (Wildman–Crippen MR) is 70.3 cm³/mol. The van der Waals surface area contributed by atoms with Gasteiger partial charge in [-0.3, -0.25) is 0 Å². The molecule has 0 radical (unpaired) electrons. The van der Waals surface area contributed by atoms with Crippen LogP contribution in [0.5, 0.6) is 0 Å². The van der Waals surface area contributed by atoms with E-state index in [1.807, 2.05) is 13.8 Å². The van der Waals surface area contributed by atoms with Gasteiger partial charge in [0.1, 0.15) is 0 Å². The fourth-order valence-electron chi connectivity index (χ4n) is 1.35. The highest BCUT2D eigenvalue weighted by Gasteiger charge is 2.23. The molecule has 1 rings (SSSR count). The first-order valence-electron chi connectivity index (χ1n) is 5.57. The molecule has 0 aliphatic rings. The Labute approximate surface area is 116 Å². The zero-order valence-corrected chi connectivity index (χ0v) is 12.9. The fourth-order valence-corrected chi connectivity index (χ4v) is 4.19. The molecule has 0 atom stereocenters. The minimum absolute atomic E-state index is 0.457. The lowest BCUT2D eigenvalue weighted by molar-refractivity contribution is 0.578. The summed E-state index contributed by atoms with van der Waals surface area (Å²) in [6.45, 7) is 3.68. The van der Waals surface area contributed by atoms with Gasteiger partial charge in [-0.1, -0.05) is 13.8 Å². The molecule has 1 heterocycles. The van der Waals surface area contributed by atoms with Crippen LogP contribution in [0.3, 0.4) is 0 Å². The standard InChI is InChI=1S/C9H14ClN3O4S2/c1-3-7-8(4-2)12-13-9(11-7)18(14,15)5-6-19(10,16)17/h3-6H2,1-2H3. The molecule has 1 aromatic heterocycles. The van der Waals surface area contributed by atoms with Crippen LogP contribution in [0.4, 0.5) is 0 Å². The van der Waals surface area contributed by atoms with Crippen molar-refractivity contribution in [2.45, 2.75) is 31.8 Å². The summed E-state index contributed by atoms with van der Waals surface area (Å²) < 4.78 is 45.3. The van der Waals surface area contributed by atoms with Gasteiger partial charge in [0.15, 0.2) is 0 Å². The number of aromatic nitrogens is 3. The van der Waals surface area contributed by atoms with Crippen molar-refractivity contribution < 1.29 is 16.8 Å². The number of aryl methyl sites for hydroxylation is 2. The molecule has 10 heteroatoms. The second kappa shape index (κ2) is 6.10. The smallest absolute Gasteiger partial charge is 0.220 e. The van der Waals surface area contributed by atoms with E-state index in [0.717, 1.165) is 0 Å². The summed E-state index contributed by atoms with van der Waals surface area (Å²) in [7, 11) is -2.79. The Balaban J connectivity index is 3.08. The molecule has 0 saturated heterocycles. The van der Waals surface area contributed by atoms with E-state index in [2.05, 4.69) is 15.2 Å². The van der Waals surface area contributed by atoms with Crippen LogP contribution >= 0.6 is 10.7 Å². The maximum absolute atomic E-state index is 11.9. The Hall–Kier alpha value is -0.800. The summed E-state index contributed by atoms with van der Waals surface area (Å²) in [5.74, 6) is -1.34. The number of hydrogen-bond donors (Lipinski definition) is 0. The van der Waals surface area contributed by atoms with E-state index in [0.29, 0.717) is 24.2 Å². The highest BCUT2D eigenvalue weighted by Crippen LogP contribution is 2.10. The average molecular weight is 328 g/mol. The quantitative estimate of drug-likeness (QED) is 0.693. The van der Waals surface area contributed by atoms with Crippen LogP contribution in [0.2, 0.25) is 0 Å². The molecule has 0 aliphatic heterocycles. The molecule has 0 aromatic carbocycles. The third-order valence-electron chi connectivity index (χ3n) is 2.36. The van der Waals surface area contributed by atoms with Gasteiger partial charge in [0.25, 0.3) is 5.16 Å². The molecule has 0 amide bonds. The number of sulfone groups is 1. The Morgan fingerprint density at radius 3 is 2.00 bits per heavy atom. The van der Waals surface area contributed by atoms with E-state index in [-0.39, 0.29) is 0 Å². The van der Waals surface area contributed by atoms with Gasteiger partial charge in [-0.25, -0.2) is 21.8 Å². The summed E-state index contributed by atoms with van der Waals surface area (Å²) in [4.78, 5) is 3.93. The van der Waals surface area contributed by atoms with Crippen LogP contribution in [0.25, 0.3) is 0 Å². The van der Waals surface area contributed by atoms with Crippen molar-refractivity contribution in [2.75, 3.05) is 11.5 Å². The van der Waals surface area contributed by atoms with E-state index in [1.54, 1.807) is 0 Å². The maximum Gasteiger partial charge on any atom is 0.267 e. The highest BCUT2D eigenvalue weighted by molar-refractivity contribution is 8.14. The molecule has 1 aromatic rings. The lowest BCUT2D eigenvalue weighted by Gasteiger charge is -2.05. The normalized spacial score (nSPS) is 12.6. The first-order chi connectivity index (χ1) is 8.69. The van der Waals surface area contributed by atoms with Crippen LogP contribution in [-0.4, -0.2) is 43.5 Å². The minimum Gasteiger partial charge on any atom is -0.220 e. The number of halogens is 1. The number of rotatable bonds is 6. The fraction of sp³-hybridized carbons (Fsp3) is 0.667. The summed E-state index contributed by atoms with van der Waals surface area (Å²) >= 11 is 0. The maximum atomic E-state index is 11.9. The van der Waals surface area contributed by atoms with Crippen LogP contribution in [-0.2, 0) is 31.7 Å². The predicted octanol–water partition coefficient (Wildman–Crippen LogP) is 0.339. The van der Waals surface area contributed by atoms with E-state index in [4.69, 9.17) is 10.7 Å². The zero-order chi connectivity index (χ0) is 14.7. The summed E-state index contributed by atoms with van der Waals surface area (Å²) in [6.07, 6.45) is 1.12. The first-order valence-corrected chi connectivity index (χ1v) is 9.70. The van der Waals surface area contributed by atoms with Gasteiger partial charge < -0.3 is 0 Å². The van der Waals surface area contributed by atoms with Crippen molar-refractivity contribution in [1.29, 1.82) is 0 Å². The van der Waals surface area contributed by atoms with E-state index in [9.17, 15) is 16.8 Å². The van der Waals surface area contributed by atoms with Crippen molar-refractivity contribution in [1.82, 2.24) is 15.2 Å². The van der Waals surface area contributed by atoms with Crippen molar-refractivity contribution in [3.8, 4) is 0 Å². The number of hydrogen-bond acceptors (Lipinski definition) is 7. The van der Waals surface area contributed by atoms with Crippen LogP contribution < -0.4 is 0 Å². The topological polar surface area (TPSA) is 107 Å². The van der Waals surface area contributed by atoms with Crippen molar-refractivity contribution >= 4 is 29.6 Å². The molecule has 0 bridgehead atoms. The minimum atomic E-state index is -3.90. The summed E-state index contributed by atoms with van der Waals surface area (Å²) in [5, 5.41) is 6.89. The van der Waals surface area contributed by atoms with Crippen LogP contribution in [0.15, 0.2) is 5.16 Å². The molecular weight excluding hydrogens is 314 g/mol. The van der Waals surface area contributed by atoms with Crippen molar-refractivity contribution in [3.63, 3.8) is 0 Å². The Kier molecular flexibility index (Phi) is 5.22.